The van der Waals surface area contributed by atoms with Crippen molar-refractivity contribution < 1.29 is 24.9 Å². The number of phenols is 2. The molecular weight excluding hydrogens is 262 g/mol. The van der Waals surface area contributed by atoms with E-state index in [2.05, 4.69) is 5.32 Å². The van der Waals surface area contributed by atoms with Gasteiger partial charge in [-0.25, -0.2) is 0 Å². The Bertz CT molecular complexity index is 452. The number of carboxylic acid groups (broad SMARTS) is 1. The summed E-state index contributed by atoms with van der Waals surface area (Å²) >= 11 is 0. The number of hydrogen-bond donors (Lipinski definition) is 4. The largest absolute Gasteiger partial charge is 0.507 e. The zero-order valence-corrected chi connectivity index (χ0v) is 11.1. The molecule has 1 aromatic rings. The van der Waals surface area contributed by atoms with E-state index in [1.165, 1.54) is 18.2 Å². The van der Waals surface area contributed by atoms with E-state index >= 15 is 0 Å². The molecule has 1 aromatic carbocycles. The summed E-state index contributed by atoms with van der Waals surface area (Å²) in [5.41, 5.74) is -0.127. The van der Waals surface area contributed by atoms with E-state index in [0.29, 0.717) is 13.0 Å². The summed E-state index contributed by atoms with van der Waals surface area (Å²) in [4.78, 5) is 22.0. The summed E-state index contributed by atoms with van der Waals surface area (Å²) in [6.45, 7) is 0.416. The molecule has 20 heavy (non-hydrogen) atoms. The van der Waals surface area contributed by atoms with Gasteiger partial charge in [0.05, 0.1) is 0 Å². The van der Waals surface area contributed by atoms with Gasteiger partial charge in [0.25, 0.3) is 5.91 Å². The number of amides is 1. The molecule has 0 fully saturated rings. The summed E-state index contributed by atoms with van der Waals surface area (Å²) in [5.74, 6) is -1.84. The van der Waals surface area contributed by atoms with Crippen LogP contribution in [0.15, 0.2) is 18.2 Å². The molecule has 0 radical (unpaired) electrons. The Balaban J connectivity index is 2.25. The molecule has 0 atom stereocenters. The molecule has 4 N–H and O–H groups in total. The van der Waals surface area contributed by atoms with Crippen molar-refractivity contribution in [2.45, 2.75) is 32.1 Å². The predicted molar refractivity (Wildman–Crippen MR) is 72.8 cm³/mol. The summed E-state index contributed by atoms with van der Waals surface area (Å²) in [7, 11) is 0. The van der Waals surface area contributed by atoms with E-state index in [1.54, 1.807) is 0 Å². The number of carbonyl (C=O) groups excluding carboxylic acids is 1. The average Bonchev–Trinajstić information content (AvgIpc) is 2.37. The van der Waals surface area contributed by atoms with Gasteiger partial charge in [-0.05, 0) is 25.0 Å². The van der Waals surface area contributed by atoms with Gasteiger partial charge in [0.1, 0.15) is 17.1 Å². The van der Waals surface area contributed by atoms with Crippen LogP contribution in [0.4, 0.5) is 0 Å². The van der Waals surface area contributed by atoms with Gasteiger partial charge in [0.15, 0.2) is 0 Å². The third-order valence-electron chi connectivity index (χ3n) is 2.85. The normalized spacial score (nSPS) is 10.2. The first kappa shape index (κ1) is 15.8. The molecule has 0 aromatic heterocycles. The lowest BCUT2D eigenvalue weighted by Gasteiger charge is -2.08. The standard InChI is InChI=1S/C14H19NO5/c16-10-6-5-7-11(17)13(10)14(20)15-9-4-2-1-3-8-12(18)19/h5-7,16-17H,1-4,8-9H2,(H,15,20)(H,18,19). The Hall–Kier alpha value is -2.24. The second-order valence-corrected chi connectivity index (χ2v) is 4.49. The molecule has 6 heteroatoms. The Morgan fingerprint density at radius 1 is 1.00 bits per heavy atom. The number of nitrogens with one attached hydrogen (secondary N) is 1. The van der Waals surface area contributed by atoms with Gasteiger partial charge in [-0.15, -0.1) is 0 Å². The number of carbonyl (C=O) groups is 2. The Kier molecular flexibility index (Phi) is 6.36. The molecule has 0 aliphatic heterocycles. The summed E-state index contributed by atoms with van der Waals surface area (Å²) in [6, 6.07) is 4.12. The van der Waals surface area contributed by atoms with Crippen molar-refractivity contribution in [2.75, 3.05) is 6.54 Å². The quantitative estimate of drug-likeness (QED) is 0.544. The van der Waals surface area contributed by atoms with Crippen molar-refractivity contribution in [3.8, 4) is 11.5 Å². The van der Waals surface area contributed by atoms with Crippen molar-refractivity contribution in [2.24, 2.45) is 0 Å². The fourth-order valence-corrected chi connectivity index (χ4v) is 1.81. The smallest absolute Gasteiger partial charge is 0.303 e. The van der Waals surface area contributed by atoms with Crippen LogP contribution >= 0.6 is 0 Å². The Morgan fingerprint density at radius 3 is 2.20 bits per heavy atom. The predicted octanol–water partition coefficient (Wildman–Crippen LogP) is 1.86. The van der Waals surface area contributed by atoms with Crippen LogP contribution in [0.1, 0.15) is 42.5 Å². The van der Waals surface area contributed by atoms with Gasteiger partial charge >= 0.3 is 5.97 Å². The zero-order valence-electron chi connectivity index (χ0n) is 11.1. The molecule has 0 aliphatic carbocycles. The highest BCUT2D eigenvalue weighted by Crippen LogP contribution is 2.25. The number of phenolic OH excluding ortho intramolecular Hbond substituents is 2. The SMILES string of the molecule is O=C(O)CCCCCCNC(=O)c1c(O)cccc1O. The Labute approximate surface area is 117 Å². The number of unbranched alkanes of at least 4 members (excludes halogenated alkanes) is 3. The van der Waals surface area contributed by atoms with Crippen molar-refractivity contribution >= 4 is 11.9 Å². The van der Waals surface area contributed by atoms with Crippen molar-refractivity contribution in [1.29, 1.82) is 0 Å². The zero-order chi connectivity index (χ0) is 15.0. The fourth-order valence-electron chi connectivity index (χ4n) is 1.81. The van der Waals surface area contributed by atoms with Crippen LogP contribution in [-0.2, 0) is 4.79 Å². The van der Waals surface area contributed by atoms with Gasteiger partial charge in [-0.1, -0.05) is 18.9 Å². The van der Waals surface area contributed by atoms with Gasteiger partial charge in [-0.2, -0.15) is 0 Å². The monoisotopic (exact) mass is 281 g/mol. The van der Waals surface area contributed by atoms with E-state index in [0.717, 1.165) is 19.3 Å². The first-order valence-corrected chi connectivity index (χ1v) is 6.53. The van der Waals surface area contributed by atoms with Crippen LogP contribution in [0.2, 0.25) is 0 Å². The highest BCUT2D eigenvalue weighted by atomic mass is 16.4. The lowest BCUT2D eigenvalue weighted by molar-refractivity contribution is -0.137. The van der Waals surface area contributed by atoms with Crippen LogP contribution in [-0.4, -0.2) is 33.7 Å². The average molecular weight is 281 g/mol. The lowest BCUT2D eigenvalue weighted by Crippen LogP contribution is -2.24. The molecular formula is C14H19NO5. The van der Waals surface area contributed by atoms with Crippen LogP contribution in [0.5, 0.6) is 11.5 Å². The van der Waals surface area contributed by atoms with Gasteiger partial charge < -0.3 is 20.6 Å². The minimum Gasteiger partial charge on any atom is -0.507 e. The van der Waals surface area contributed by atoms with Crippen molar-refractivity contribution in [3.05, 3.63) is 23.8 Å². The summed E-state index contributed by atoms with van der Waals surface area (Å²) in [5, 5.41) is 30.1. The number of benzene rings is 1. The molecule has 0 saturated carbocycles. The molecule has 1 amide bonds. The highest BCUT2D eigenvalue weighted by molar-refractivity contribution is 5.99. The van der Waals surface area contributed by atoms with Gasteiger partial charge in [-0.3, -0.25) is 9.59 Å². The van der Waals surface area contributed by atoms with E-state index in [-0.39, 0.29) is 23.5 Å². The summed E-state index contributed by atoms with van der Waals surface area (Å²) in [6.07, 6.45) is 3.13. The first-order chi connectivity index (χ1) is 9.52. The minimum atomic E-state index is -0.798. The maximum absolute atomic E-state index is 11.8. The number of aliphatic carboxylic acids is 1. The molecule has 110 valence electrons. The molecule has 0 bridgehead atoms. The highest BCUT2D eigenvalue weighted by Gasteiger charge is 2.14. The number of carboxylic acids is 1. The van der Waals surface area contributed by atoms with E-state index in [1.807, 2.05) is 0 Å². The molecule has 6 nitrogen and oxygen atoms in total. The second-order valence-electron chi connectivity index (χ2n) is 4.49. The van der Waals surface area contributed by atoms with Gasteiger partial charge in [0, 0.05) is 13.0 Å². The Morgan fingerprint density at radius 2 is 1.60 bits per heavy atom. The van der Waals surface area contributed by atoms with Gasteiger partial charge in [0.2, 0.25) is 0 Å². The molecule has 0 saturated heterocycles. The van der Waals surface area contributed by atoms with Crippen LogP contribution in [0.25, 0.3) is 0 Å². The van der Waals surface area contributed by atoms with Crippen LogP contribution < -0.4 is 5.32 Å². The van der Waals surface area contributed by atoms with Crippen LogP contribution in [0.3, 0.4) is 0 Å². The minimum absolute atomic E-state index is 0.127. The number of rotatable bonds is 8. The molecule has 0 aliphatic rings. The molecule has 0 heterocycles. The van der Waals surface area contributed by atoms with Crippen LogP contribution in [0, 0.1) is 0 Å². The van der Waals surface area contributed by atoms with E-state index < -0.39 is 11.9 Å². The van der Waals surface area contributed by atoms with Crippen molar-refractivity contribution in [3.63, 3.8) is 0 Å². The maximum atomic E-state index is 11.8. The maximum Gasteiger partial charge on any atom is 0.303 e. The number of aromatic hydroxyl groups is 2. The molecule has 0 spiro atoms. The fraction of sp³-hybridized carbons (Fsp3) is 0.429. The van der Waals surface area contributed by atoms with Crippen molar-refractivity contribution in [1.82, 2.24) is 5.32 Å². The van der Waals surface area contributed by atoms with E-state index in [4.69, 9.17) is 5.11 Å². The third-order valence-corrected chi connectivity index (χ3v) is 2.85. The molecule has 1 rings (SSSR count). The lowest BCUT2D eigenvalue weighted by atomic mass is 10.1. The first-order valence-electron chi connectivity index (χ1n) is 6.53. The topological polar surface area (TPSA) is 107 Å². The summed E-state index contributed by atoms with van der Waals surface area (Å²) < 4.78 is 0. The van der Waals surface area contributed by atoms with E-state index in [9.17, 15) is 19.8 Å². The third kappa shape index (κ3) is 5.17. The molecule has 0 unspecified atom stereocenters. The second kappa shape index (κ2) is 8.04. The number of hydrogen-bond acceptors (Lipinski definition) is 4.